The van der Waals surface area contributed by atoms with Gasteiger partial charge < -0.3 is 15.0 Å². The molecule has 2 bridgehead atoms. The van der Waals surface area contributed by atoms with Gasteiger partial charge in [-0.2, -0.15) is 13.2 Å². The van der Waals surface area contributed by atoms with Gasteiger partial charge in [-0.1, -0.05) is 42.5 Å². The number of benzene rings is 3. The molecule has 3 fully saturated rings. The maximum atomic E-state index is 13.7. The van der Waals surface area contributed by atoms with Gasteiger partial charge in [0.1, 0.15) is 0 Å². The lowest BCUT2D eigenvalue weighted by Gasteiger charge is -2.70. The molecule has 5 nitrogen and oxygen atoms in total. The molecule has 38 heavy (non-hydrogen) atoms. The molecule has 0 spiro atoms. The highest BCUT2D eigenvalue weighted by molar-refractivity contribution is 6.08. The van der Waals surface area contributed by atoms with E-state index < -0.39 is 17.7 Å². The molecule has 7 rings (SSSR count). The summed E-state index contributed by atoms with van der Waals surface area (Å²) in [6, 6.07) is 20.5. The van der Waals surface area contributed by atoms with E-state index in [1.54, 1.807) is 0 Å². The number of carboxylic acids is 1. The van der Waals surface area contributed by atoms with Crippen molar-refractivity contribution in [3.8, 4) is 11.1 Å². The number of aromatic nitrogens is 1. The second-order valence-corrected chi connectivity index (χ2v) is 10.8. The molecular formula is C30H25F3N2O3. The van der Waals surface area contributed by atoms with E-state index in [0.717, 1.165) is 28.6 Å². The molecule has 4 aromatic rings. The average Bonchev–Trinajstić information content (AvgIpc) is 3.24. The van der Waals surface area contributed by atoms with Crippen LogP contribution in [0.15, 0.2) is 79.0 Å². The van der Waals surface area contributed by atoms with Gasteiger partial charge in [-0.25, -0.2) is 0 Å². The fourth-order valence-corrected chi connectivity index (χ4v) is 6.39. The number of aliphatic carboxylic acids is 1. The molecule has 0 atom stereocenters. The normalized spacial score (nSPS) is 22.0. The molecule has 0 unspecified atom stereocenters. The lowest BCUT2D eigenvalue weighted by Crippen LogP contribution is -2.75. The maximum Gasteiger partial charge on any atom is 0.416 e. The third kappa shape index (κ3) is 4.23. The van der Waals surface area contributed by atoms with Crippen LogP contribution >= 0.6 is 0 Å². The first kappa shape index (κ1) is 24.3. The number of nitrogens with one attached hydrogen (secondary N) is 1. The summed E-state index contributed by atoms with van der Waals surface area (Å²) in [4.78, 5) is 24.9. The Morgan fingerprint density at radius 2 is 1.61 bits per heavy atom. The molecule has 2 N–H and O–H groups in total. The highest BCUT2D eigenvalue weighted by atomic mass is 19.4. The molecular weight excluding hydrogens is 493 g/mol. The Balaban J connectivity index is 1.34. The number of nitrogens with zero attached hydrogens (tertiary/aromatic N) is 1. The van der Waals surface area contributed by atoms with E-state index in [9.17, 15) is 27.9 Å². The van der Waals surface area contributed by atoms with E-state index in [2.05, 4.69) is 5.32 Å². The lowest BCUT2D eigenvalue weighted by atomic mass is 9.38. The van der Waals surface area contributed by atoms with Crippen molar-refractivity contribution >= 4 is 22.8 Å². The van der Waals surface area contributed by atoms with E-state index >= 15 is 0 Å². The zero-order chi connectivity index (χ0) is 26.7. The summed E-state index contributed by atoms with van der Waals surface area (Å²) in [7, 11) is 0. The van der Waals surface area contributed by atoms with Crippen LogP contribution in [0.5, 0.6) is 0 Å². The van der Waals surface area contributed by atoms with Crippen molar-refractivity contribution in [2.75, 3.05) is 0 Å². The van der Waals surface area contributed by atoms with Gasteiger partial charge in [-0.15, -0.1) is 0 Å². The van der Waals surface area contributed by atoms with Gasteiger partial charge >= 0.3 is 12.1 Å². The van der Waals surface area contributed by atoms with Gasteiger partial charge in [0.05, 0.1) is 23.1 Å². The number of alkyl halides is 3. The fourth-order valence-electron chi connectivity index (χ4n) is 6.39. The van der Waals surface area contributed by atoms with E-state index in [-0.39, 0.29) is 23.3 Å². The van der Waals surface area contributed by atoms with Gasteiger partial charge in [0, 0.05) is 23.7 Å². The molecule has 0 saturated heterocycles. The highest BCUT2D eigenvalue weighted by Crippen LogP contribution is 2.69. The number of hydrogen-bond donors (Lipinski definition) is 2. The Bertz CT molecular complexity index is 1540. The summed E-state index contributed by atoms with van der Waals surface area (Å²) in [6.07, 6.45) is -0.461. The number of fused-ring (bicyclic) bond motifs is 1. The van der Waals surface area contributed by atoms with Gasteiger partial charge in [-0.05, 0) is 71.7 Å². The van der Waals surface area contributed by atoms with Crippen LogP contribution < -0.4 is 5.32 Å². The number of halogens is 3. The summed E-state index contributed by atoms with van der Waals surface area (Å²) in [5.41, 5.74) is 2.44. The number of carboxylic acid groups (broad SMARTS) is 1. The Morgan fingerprint density at radius 3 is 2.24 bits per heavy atom. The largest absolute Gasteiger partial charge is 0.481 e. The first-order chi connectivity index (χ1) is 18.0. The number of hydrogen-bond acceptors (Lipinski definition) is 2. The van der Waals surface area contributed by atoms with E-state index in [4.69, 9.17) is 0 Å². The number of carbonyl (C=O) groups is 2. The van der Waals surface area contributed by atoms with Crippen LogP contribution in [0.4, 0.5) is 13.2 Å². The smallest absolute Gasteiger partial charge is 0.416 e. The third-order valence-electron chi connectivity index (χ3n) is 7.89. The Kier molecular flexibility index (Phi) is 5.42. The molecule has 3 aromatic carbocycles. The van der Waals surface area contributed by atoms with Crippen LogP contribution in [0, 0.1) is 5.41 Å². The van der Waals surface area contributed by atoms with Gasteiger partial charge in [-0.3, -0.25) is 9.59 Å². The quantitative estimate of drug-likeness (QED) is 0.293. The molecule has 3 aliphatic carbocycles. The predicted octanol–water partition coefficient (Wildman–Crippen LogP) is 6.50. The monoisotopic (exact) mass is 518 g/mol. The molecule has 0 radical (unpaired) electrons. The van der Waals surface area contributed by atoms with Crippen LogP contribution in [-0.2, 0) is 17.5 Å². The van der Waals surface area contributed by atoms with E-state index in [1.807, 2.05) is 59.3 Å². The molecule has 1 amide bonds. The predicted molar refractivity (Wildman–Crippen MR) is 137 cm³/mol. The summed E-state index contributed by atoms with van der Waals surface area (Å²) < 4.78 is 40.9. The Hall–Kier alpha value is -4.07. The van der Waals surface area contributed by atoms with Gasteiger partial charge in [0.15, 0.2) is 0 Å². The SMILES string of the molecule is O=C(O)CC12CC(NC(=O)c3cc(-c4ccccc4)cc4ccn(Cc5ccc(C(F)(F)F)cc5)c34)(C1)C2. The van der Waals surface area contributed by atoms with Crippen molar-refractivity contribution in [3.05, 3.63) is 95.7 Å². The molecule has 8 heteroatoms. The first-order valence-corrected chi connectivity index (χ1v) is 12.4. The van der Waals surface area contributed by atoms with Crippen molar-refractivity contribution in [2.24, 2.45) is 5.41 Å². The molecule has 3 saturated carbocycles. The van der Waals surface area contributed by atoms with E-state index in [0.29, 0.717) is 42.5 Å². The fraction of sp³-hybridized carbons (Fsp3) is 0.267. The topological polar surface area (TPSA) is 71.3 Å². The first-order valence-electron chi connectivity index (χ1n) is 12.4. The lowest BCUT2D eigenvalue weighted by molar-refractivity contribution is -0.172. The van der Waals surface area contributed by atoms with Crippen molar-refractivity contribution < 1.29 is 27.9 Å². The highest BCUT2D eigenvalue weighted by Gasteiger charge is 2.68. The Labute approximate surface area is 216 Å². The standard InChI is InChI=1S/C30H25F3N2O3/c31-30(32,33)23-8-6-19(7-9-23)15-35-11-10-21-12-22(20-4-2-1-3-5-20)13-24(26(21)35)27(38)34-29-16-28(17-29,18-29)14-25(36)37/h1-13H,14-18H2,(H,34,38)(H,36,37). The minimum atomic E-state index is -4.40. The zero-order valence-electron chi connectivity index (χ0n) is 20.4. The van der Waals surface area contributed by atoms with Crippen LogP contribution in [-0.4, -0.2) is 27.1 Å². The summed E-state index contributed by atoms with van der Waals surface area (Å²) in [5.74, 6) is -1.05. The van der Waals surface area contributed by atoms with Crippen LogP contribution in [0.25, 0.3) is 22.0 Å². The Morgan fingerprint density at radius 1 is 0.921 bits per heavy atom. The van der Waals surface area contributed by atoms with Crippen LogP contribution in [0.2, 0.25) is 0 Å². The van der Waals surface area contributed by atoms with Gasteiger partial charge in [0.25, 0.3) is 5.91 Å². The van der Waals surface area contributed by atoms with Gasteiger partial charge in [0.2, 0.25) is 0 Å². The van der Waals surface area contributed by atoms with Crippen LogP contribution in [0.1, 0.15) is 47.2 Å². The average molecular weight is 519 g/mol. The summed E-state index contributed by atoms with van der Waals surface area (Å²) >= 11 is 0. The van der Waals surface area contributed by atoms with Crippen molar-refractivity contribution in [1.82, 2.24) is 9.88 Å². The summed E-state index contributed by atoms with van der Waals surface area (Å²) in [5, 5.41) is 13.2. The minimum absolute atomic E-state index is 0.119. The summed E-state index contributed by atoms with van der Waals surface area (Å²) in [6.45, 7) is 0.305. The number of rotatable bonds is 7. The zero-order valence-corrected chi connectivity index (χ0v) is 20.4. The van der Waals surface area contributed by atoms with Crippen molar-refractivity contribution in [3.63, 3.8) is 0 Å². The molecule has 0 aliphatic heterocycles. The van der Waals surface area contributed by atoms with Crippen molar-refractivity contribution in [1.29, 1.82) is 0 Å². The number of carbonyl (C=O) groups excluding carboxylic acids is 1. The molecule has 194 valence electrons. The van der Waals surface area contributed by atoms with Crippen molar-refractivity contribution in [2.45, 2.75) is 43.9 Å². The number of amides is 1. The minimum Gasteiger partial charge on any atom is -0.481 e. The second kappa shape index (κ2) is 8.48. The molecule has 3 aliphatic rings. The van der Waals surface area contributed by atoms with E-state index in [1.165, 1.54) is 12.1 Å². The molecule has 1 heterocycles. The second-order valence-electron chi connectivity index (χ2n) is 10.8. The van der Waals surface area contributed by atoms with Crippen LogP contribution in [0.3, 0.4) is 0 Å². The maximum absolute atomic E-state index is 13.7. The third-order valence-corrected chi connectivity index (χ3v) is 7.89. The molecule has 1 aromatic heterocycles.